The summed E-state index contributed by atoms with van der Waals surface area (Å²) in [4.78, 5) is 17.3. The first kappa shape index (κ1) is 12.9. The second kappa shape index (κ2) is 7.48. The third kappa shape index (κ3) is 3.35. The molecule has 0 fully saturated rings. The number of carbonyl (C=O) groups is 1. The summed E-state index contributed by atoms with van der Waals surface area (Å²) in [7, 11) is 0. The molecule has 1 aliphatic heterocycles. The number of carbonyl (C=O) groups excluding carboxylic acids is 1. The van der Waals surface area contributed by atoms with Crippen LogP contribution in [0.2, 0.25) is 5.02 Å². The van der Waals surface area contributed by atoms with Crippen LogP contribution in [0.25, 0.3) is 0 Å². The van der Waals surface area contributed by atoms with Crippen LogP contribution in [0, 0.1) is 13.8 Å². The number of esters is 1. The highest BCUT2D eigenvalue weighted by Gasteiger charge is 2.38. The standard InChI is InChI=1S/C20H24ClNO2S.35H2/c1-5-24-20(23)19(15-8-6-7-9-16(15)21)22-11-10-17-18(13(22)3)12(2)14(4)25-17;;;;;;;;;;;;;;;;;;;;;;;;;;;;;;;;;;;/h6-9,13,19H,5,10-11H2,1-4H3;35*1H/t13?,19-;;;;;;;;;;;;;;;;;;;;;;;;;;;;;;;;;;;/m0.................................../s1/i13D;4*1+1D;;;;;;;;;;;;;;;;;;;;;;;;;;;;;;;. The zero-order valence-electron chi connectivity index (χ0n) is 24.1. The maximum atomic E-state index is 12.9. The monoisotopic (exact) mass is 457 g/mol. The molecule has 3 nitrogen and oxygen atoms in total. The fourth-order valence-corrected chi connectivity index (χ4v) is 5.00. The molecule has 2 aromatic rings. The third-order valence-electron chi connectivity index (χ3n) is 4.85. The minimum atomic E-state index is -1.03. The van der Waals surface area contributed by atoms with Crippen molar-refractivity contribution < 1.29 is 67.0 Å². The Balaban J connectivity index is -0.00000000807. The van der Waals surface area contributed by atoms with Gasteiger partial charge in [0, 0.05) is 83.4 Å². The summed E-state index contributed by atoms with van der Waals surface area (Å²) in [5, 5.41) is 0.519. The molecule has 1 aromatic heterocycles. The van der Waals surface area contributed by atoms with Crippen molar-refractivity contribution in [1.82, 2.24) is 4.90 Å². The number of ether oxygens (including phenoxy) is 1. The third-order valence-corrected chi connectivity index (χ3v) is 6.46. The summed E-state index contributed by atoms with van der Waals surface area (Å²) in [6, 6.07) is 5.61. The van der Waals surface area contributed by atoms with Gasteiger partial charge in [0.05, 0.1) is 7.98 Å². The van der Waals surface area contributed by atoms with Gasteiger partial charge in [-0.25, -0.2) is 4.79 Å². The van der Waals surface area contributed by atoms with E-state index in [-0.39, 0.29) is 50.2 Å². The van der Waals surface area contributed by atoms with Crippen molar-refractivity contribution in [2.45, 2.75) is 46.2 Å². The molecule has 2 atom stereocenters. The largest absolute Gasteiger partial charge is 0.465 e. The van der Waals surface area contributed by atoms with Crippen molar-refractivity contribution in [2.24, 2.45) is 0 Å². The number of nitrogens with zero attached hydrogens (tertiary/aromatic N) is 1. The molecule has 0 bridgehead atoms. The van der Waals surface area contributed by atoms with E-state index < -0.39 is 12.1 Å². The highest BCUT2D eigenvalue weighted by molar-refractivity contribution is 7.12. The van der Waals surface area contributed by atoms with E-state index in [0.29, 0.717) is 23.7 Å². The zero-order chi connectivity index (χ0) is 27.1. The molecule has 204 valence electrons. The van der Waals surface area contributed by atoms with E-state index in [2.05, 4.69) is 13.8 Å². The molecule has 25 heavy (non-hydrogen) atoms. The molecule has 5 heteroatoms. The summed E-state index contributed by atoms with van der Waals surface area (Å²) in [6.07, 6.45) is 0.823. The first-order chi connectivity index (χ1) is 16.3. The molecular formula is C20H94ClNO2S. The van der Waals surface area contributed by atoms with Gasteiger partial charge < -0.3 is 4.74 Å². The van der Waals surface area contributed by atoms with Crippen molar-refractivity contribution in [3.63, 3.8) is 0 Å². The smallest absolute Gasteiger partial charge is 0.328 e. The van der Waals surface area contributed by atoms with Crippen molar-refractivity contribution in [3.8, 4) is 0 Å². The Labute approximate surface area is 218 Å². The molecule has 3 rings (SSSR count). The van der Waals surface area contributed by atoms with Gasteiger partial charge in [-0.2, -0.15) is 0 Å². The molecule has 2 heterocycles. The van der Waals surface area contributed by atoms with E-state index in [1.165, 1.54) is 9.75 Å². The van der Waals surface area contributed by atoms with Crippen LogP contribution in [0.3, 0.4) is 0 Å². The molecule has 0 saturated carbocycles. The van der Waals surface area contributed by atoms with Gasteiger partial charge in [-0.1, -0.05) is 29.8 Å². The number of hydrogen-bond donors (Lipinski definition) is 0. The summed E-state index contributed by atoms with van der Waals surface area (Å²) in [6.45, 7) is 8.73. The van der Waals surface area contributed by atoms with Crippen LogP contribution in [-0.4, -0.2) is 24.0 Å². The SMILES string of the molecule is [2H]C1(C)c2c(sc(C)c2C)CCN1[C@H](C(=O)OCC)c1ccccc1Cl.[2H][2H].[2H][2H].[2H][2H].[2H][2H].[HH].[HH].[HH].[HH].[HH].[HH].[HH].[HH].[HH].[HH].[HH].[HH].[HH].[HH].[HH].[HH].[HH].[HH].[HH].[HH].[HH].[HH].[HH].[HH].[HH].[HH].[HH].[HH].[HH].[HH].[HH]. The number of halogens is 1. The highest BCUT2D eigenvalue weighted by atomic mass is 35.5. The molecule has 1 unspecified atom stereocenters. The lowest BCUT2D eigenvalue weighted by Crippen LogP contribution is -2.41. The Morgan fingerprint density at radius 1 is 1.60 bits per heavy atom. The molecule has 1 aromatic carbocycles. The van der Waals surface area contributed by atoms with Gasteiger partial charge in [-0.15, -0.1) is 11.3 Å². The number of fused-ring (bicyclic) bond motifs is 1. The predicted molar refractivity (Wildman–Crippen MR) is 177 cm³/mol. The van der Waals surface area contributed by atoms with Gasteiger partial charge >= 0.3 is 5.97 Å². The van der Waals surface area contributed by atoms with E-state index in [4.69, 9.17) is 28.2 Å². The number of hydrogen-bond acceptors (Lipinski definition) is 4. The van der Waals surface area contributed by atoms with Gasteiger partial charge in [-0.05, 0) is 56.9 Å². The van der Waals surface area contributed by atoms with E-state index in [1.807, 2.05) is 30.0 Å². The number of aryl methyl sites for hydroxylation is 1. The maximum Gasteiger partial charge on any atom is 0.328 e. The lowest BCUT2D eigenvalue weighted by Gasteiger charge is -2.39. The van der Waals surface area contributed by atoms with Gasteiger partial charge in [0.1, 0.15) is 6.04 Å². The topological polar surface area (TPSA) is 29.5 Å². The van der Waals surface area contributed by atoms with Crippen LogP contribution in [0.4, 0.5) is 0 Å². The van der Waals surface area contributed by atoms with Gasteiger partial charge in [0.15, 0.2) is 0 Å². The molecule has 0 radical (unpaired) electrons. The summed E-state index contributed by atoms with van der Waals surface area (Å²) in [5.74, 6) is -0.355. The van der Waals surface area contributed by atoms with Gasteiger partial charge in [0.2, 0.25) is 0 Å². The van der Waals surface area contributed by atoms with Crippen molar-refractivity contribution in [1.29, 1.82) is 0 Å². The Kier molecular flexibility index (Phi) is 3.86. The number of benzene rings is 1. The number of rotatable bonds is 4. The molecule has 0 amide bonds. The summed E-state index contributed by atoms with van der Waals surface area (Å²) in [5.41, 5.74) is 2.86. The van der Waals surface area contributed by atoms with Crippen LogP contribution in [0.1, 0.15) is 110 Å². The molecule has 1 aliphatic rings. The molecule has 0 aliphatic carbocycles. The Morgan fingerprint density at radius 2 is 2.32 bits per heavy atom. The predicted octanol–water partition coefficient (Wildman–Crippen LogP) is 13.9. The lowest BCUT2D eigenvalue weighted by molar-refractivity contribution is -0.151. The minimum absolute atomic E-state index is 0. The Morgan fingerprint density at radius 3 is 3.00 bits per heavy atom. The van der Waals surface area contributed by atoms with Crippen LogP contribution in [0.15, 0.2) is 24.3 Å². The summed E-state index contributed by atoms with van der Waals surface area (Å²) >= 11 is 8.18. The van der Waals surface area contributed by atoms with E-state index in [1.54, 1.807) is 24.3 Å². The zero-order valence-corrected chi connectivity index (χ0v) is 16.6. The van der Waals surface area contributed by atoms with E-state index in [9.17, 15) is 6.17 Å². The maximum absolute atomic E-state index is 12.9. The Hall–Kier alpha value is -1.36. The highest BCUT2D eigenvalue weighted by Crippen LogP contribution is 2.43. The molecule has 0 saturated heterocycles. The van der Waals surface area contributed by atoms with Crippen molar-refractivity contribution >= 4 is 28.9 Å². The van der Waals surface area contributed by atoms with Gasteiger partial charge in [0.25, 0.3) is 0 Å². The number of thiophene rings is 1. The van der Waals surface area contributed by atoms with Crippen LogP contribution >= 0.6 is 22.9 Å². The second-order valence-corrected chi connectivity index (χ2v) is 8.00. The van der Waals surface area contributed by atoms with E-state index in [0.717, 1.165) is 17.5 Å². The molecule has 0 spiro atoms. The van der Waals surface area contributed by atoms with Crippen molar-refractivity contribution in [2.75, 3.05) is 13.2 Å². The minimum Gasteiger partial charge on any atom is -0.465 e. The van der Waals surface area contributed by atoms with Crippen molar-refractivity contribution in [3.05, 3.63) is 55.7 Å². The molecule has 0 N–H and O–H groups in total. The fourth-order valence-electron chi connectivity index (χ4n) is 3.54. The molecular weight excluding hydrogens is 354 g/mol. The van der Waals surface area contributed by atoms with Crippen LogP contribution in [0.5, 0.6) is 0 Å². The summed E-state index contributed by atoms with van der Waals surface area (Å²) < 4.78 is 54.5. The van der Waals surface area contributed by atoms with Crippen LogP contribution in [-0.2, 0) is 16.0 Å². The van der Waals surface area contributed by atoms with E-state index >= 15 is 0 Å². The first-order valence-corrected chi connectivity index (χ1v) is 9.75. The average molecular weight is 458 g/mol. The normalized spacial score (nSPS) is 23.5. The van der Waals surface area contributed by atoms with Gasteiger partial charge in [-0.3, -0.25) is 4.90 Å². The quantitative estimate of drug-likeness (QED) is 0.428. The fraction of sp³-hybridized carbons (Fsp3) is 0.450. The first-order valence-electron chi connectivity index (χ1n) is 13.1. The average Bonchev–Trinajstić information content (AvgIpc) is 3.16. The Bertz CT molecular complexity index is 890. The lowest BCUT2D eigenvalue weighted by atomic mass is 9.93. The van der Waals surface area contributed by atoms with Crippen LogP contribution < -0.4 is 0 Å². The second-order valence-electron chi connectivity index (χ2n) is 6.29.